The molecule has 2 nitrogen and oxygen atoms in total. The van der Waals surface area contributed by atoms with Gasteiger partial charge in [0.25, 0.3) is 0 Å². The van der Waals surface area contributed by atoms with Crippen molar-refractivity contribution in [3.05, 3.63) is 53.4 Å². The number of imidazole rings is 1. The lowest BCUT2D eigenvalue weighted by Gasteiger charge is -2.09. The second-order valence-electron chi connectivity index (χ2n) is 3.90. The van der Waals surface area contributed by atoms with E-state index in [1.54, 1.807) is 18.6 Å². The Morgan fingerprint density at radius 3 is 2.81 bits per heavy atom. The van der Waals surface area contributed by atoms with Gasteiger partial charge < -0.3 is 4.57 Å². The summed E-state index contributed by atoms with van der Waals surface area (Å²) >= 11 is 0. The molecule has 1 aromatic heterocycles. The number of rotatable bonds is 3. The zero-order valence-corrected chi connectivity index (χ0v) is 9.57. The molecule has 16 heavy (non-hydrogen) atoms. The van der Waals surface area contributed by atoms with Crippen molar-refractivity contribution < 1.29 is 4.39 Å². The average molecular weight is 218 g/mol. The van der Waals surface area contributed by atoms with Gasteiger partial charge in [-0.3, -0.25) is 0 Å². The normalized spacial score (nSPS) is 10.7. The van der Waals surface area contributed by atoms with Crippen LogP contribution in [0.1, 0.15) is 23.7 Å². The molecule has 1 aromatic carbocycles. The summed E-state index contributed by atoms with van der Waals surface area (Å²) in [7, 11) is 1.93. The van der Waals surface area contributed by atoms with Gasteiger partial charge in [0.1, 0.15) is 5.82 Å². The van der Waals surface area contributed by atoms with Crippen molar-refractivity contribution in [3.8, 4) is 0 Å². The van der Waals surface area contributed by atoms with Crippen molar-refractivity contribution in [1.82, 2.24) is 9.55 Å². The molecule has 0 fully saturated rings. The Morgan fingerprint density at radius 2 is 2.19 bits per heavy atom. The molecule has 0 aliphatic rings. The summed E-state index contributed by atoms with van der Waals surface area (Å²) in [4.78, 5) is 4.04. The maximum absolute atomic E-state index is 13.7. The first-order valence-electron chi connectivity index (χ1n) is 5.43. The second kappa shape index (κ2) is 4.47. The standard InChI is InChI=1S/C13H15FN2/c1-3-10-5-4-6-13(14)12(10)7-11-8-15-9-16(11)2/h4-6,8-9H,3,7H2,1-2H3. The monoisotopic (exact) mass is 218 g/mol. The molecule has 0 aliphatic carbocycles. The van der Waals surface area contributed by atoms with Crippen LogP contribution in [-0.4, -0.2) is 9.55 Å². The molecule has 0 amide bonds. The first kappa shape index (κ1) is 10.9. The second-order valence-corrected chi connectivity index (χ2v) is 3.90. The first-order chi connectivity index (χ1) is 7.72. The molecule has 0 saturated carbocycles. The van der Waals surface area contributed by atoms with Gasteiger partial charge in [-0.15, -0.1) is 0 Å². The van der Waals surface area contributed by atoms with E-state index in [9.17, 15) is 4.39 Å². The van der Waals surface area contributed by atoms with Gasteiger partial charge >= 0.3 is 0 Å². The van der Waals surface area contributed by atoms with Crippen LogP contribution in [0.4, 0.5) is 4.39 Å². The number of nitrogens with zero attached hydrogens (tertiary/aromatic N) is 2. The van der Waals surface area contributed by atoms with Crippen LogP contribution >= 0.6 is 0 Å². The lowest BCUT2D eigenvalue weighted by atomic mass is 10.0. The summed E-state index contributed by atoms with van der Waals surface area (Å²) in [6, 6.07) is 5.26. The maximum atomic E-state index is 13.7. The fourth-order valence-electron chi connectivity index (χ4n) is 1.87. The van der Waals surface area contributed by atoms with E-state index in [0.29, 0.717) is 6.42 Å². The third-order valence-electron chi connectivity index (χ3n) is 2.87. The molecule has 0 saturated heterocycles. The van der Waals surface area contributed by atoms with Gasteiger partial charge in [0.15, 0.2) is 0 Å². The van der Waals surface area contributed by atoms with Crippen molar-refractivity contribution >= 4 is 0 Å². The van der Waals surface area contributed by atoms with Gasteiger partial charge in [-0.25, -0.2) is 9.37 Å². The highest BCUT2D eigenvalue weighted by Crippen LogP contribution is 2.18. The Bertz CT molecular complexity index is 488. The molecule has 2 aromatic rings. The third kappa shape index (κ3) is 1.98. The summed E-state index contributed by atoms with van der Waals surface area (Å²) in [6.45, 7) is 2.04. The Labute approximate surface area is 94.8 Å². The molecular weight excluding hydrogens is 203 g/mol. The minimum atomic E-state index is -0.124. The Balaban J connectivity index is 2.37. The molecule has 0 spiro atoms. The zero-order chi connectivity index (χ0) is 11.5. The number of halogens is 1. The number of benzene rings is 1. The van der Waals surface area contributed by atoms with Crippen LogP contribution in [0.15, 0.2) is 30.7 Å². The van der Waals surface area contributed by atoms with E-state index in [4.69, 9.17) is 0 Å². The highest BCUT2D eigenvalue weighted by molar-refractivity contribution is 5.32. The van der Waals surface area contributed by atoms with Gasteiger partial charge in [0.2, 0.25) is 0 Å². The summed E-state index contributed by atoms with van der Waals surface area (Å²) in [5, 5.41) is 0. The average Bonchev–Trinajstić information content (AvgIpc) is 2.67. The maximum Gasteiger partial charge on any atom is 0.127 e. The first-order valence-corrected chi connectivity index (χ1v) is 5.43. The van der Waals surface area contributed by atoms with Crippen LogP contribution in [0.3, 0.4) is 0 Å². The van der Waals surface area contributed by atoms with E-state index in [1.165, 1.54) is 6.07 Å². The van der Waals surface area contributed by atoms with Crippen molar-refractivity contribution in [1.29, 1.82) is 0 Å². The predicted molar refractivity (Wildman–Crippen MR) is 61.8 cm³/mol. The largest absolute Gasteiger partial charge is 0.337 e. The van der Waals surface area contributed by atoms with E-state index in [-0.39, 0.29) is 5.82 Å². The number of aryl methyl sites for hydroxylation is 2. The molecule has 0 radical (unpaired) electrons. The quantitative estimate of drug-likeness (QED) is 0.774. The molecule has 1 heterocycles. The number of aromatic nitrogens is 2. The minimum absolute atomic E-state index is 0.124. The van der Waals surface area contributed by atoms with Crippen molar-refractivity contribution in [2.75, 3.05) is 0 Å². The van der Waals surface area contributed by atoms with Crippen molar-refractivity contribution in [3.63, 3.8) is 0 Å². The van der Waals surface area contributed by atoms with Crippen LogP contribution in [0.2, 0.25) is 0 Å². The van der Waals surface area contributed by atoms with Crippen LogP contribution in [0.25, 0.3) is 0 Å². The topological polar surface area (TPSA) is 17.8 Å². The van der Waals surface area contributed by atoms with Crippen molar-refractivity contribution in [2.24, 2.45) is 7.05 Å². The van der Waals surface area contributed by atoms with E-state index in [1.807, 2.05) is 24.6 Å². The molecule has 3 heteroatoms. The SMILES string of the molecule is CCc1cccc(F)c1Cc1cncn1C. The highest BCUT2D eigenvalue weighted by Gasteiger charge is 2.09. The molecule has 0 N–H and O–H groups in total. The van der Waals surface area contributed by atoms with Gasteiger partial charge in [-0.1, -0.05) is 19.1 Å². The summed E-state index contributed by atoms with van der Waals surface area (Å²) in [5.74, 6) is -0.124. The van der Waals surface area contributed by atoms with Crippen molar-refractivity contribution in [2.45, 2.75) is 19.8 Å². The Morgan fingerprint density at radius 1 is 1.38 bits per heavy atom. The summed E-state index contributed by atoms with van der Waals surface area (Å²) < 4.78 is 15.7. The van der Waals surface area contributed by atoms with E-state index in [0.717, 1.165) is 23.2 Å². The Hall–Kier alpha value is -1.64. The summed E-state index contributed by atoms with van der Waals surface area (Å²) in [5.41, 5.74) is 2.88. The number of hydrogen-bond donors (Lipinski definition) is 0. The zero-order valence-electron chi connectivity index (χ0n) is 9.57. The predicted octanol–water partition coefficient (Wildman–Crippen LogP) is 2.71. The lowest BCUT2D eigenvalue weighted by Crippen LogP contribution is -2.02. The minimum Gasteiger partial charge on any atom is -0.337 e. The van der Waals surface area contributed by atoms with Crippen LogP contribution in [-0.2, 0) is 19.9 Å². The summed E-state index contributed by atoms with van der Waals surface area (Å²) in [6.07, 6.45) is 4.98. The van der Waals surface area contributed by atoms with Crippen LogP contribution in [0, 0.1) is 5.82 Å². The smallest absolute Gasteiger partial charge is 0.127 e. The van der Waals surface area contributed by atoms with Crippen LogP contribution < -0.4 is 0 Å². The highest BCUT2D eigenvalue weighted by atomic mass is 19.1. The molecular formula is C13H15FN2. The molecule has 0 atom stereocenters. The fourth-order valence-corrected chi connectivity index (χ4v) is 1.87. The molecule has 84 valence electrons. The third-order valence-corrected chi connectivity index (χ3v) is 2.87. The van der Waals surface area contributed by atoms with Gasteiger partial charge in [0, 0.05) is 25.4 Å². The molecule has 0 bridgehead atoms. The van der Waals surface area contributed by atoms with Crippen LogP contribution in [0.5, 0.6) is 0 Å². The van der Waals surface area contributed by atoms with Gasteiger partial charge in [-0.05, 0) is 23.6 Å². The van der Waals surface area contributed by atoms with E-state index < -0.39 is 0 Å². The molecule has 0 aliphatic heterocycles. The lowest BCUT2D eigenvalue weighted by molar-refractivity contribution is 0.608. The van der Waals surface area contributed by atoms with E-state index in [2.05, 4.69) is 4.98 Å². The molecule has 2 rings (SSSR count). The van der Waals surface area contributed by atoms with E-state index >= 15 is 0 Å². The van der Waals surface area contributed by atoms with Gasteiger partial charge in [0.05, 0.1) is 6.33 Å². The fraction of sp³-hybridized carbons (Fsp3) is 0.308. The number of hydrogen-bond acceptors (Lipinski definition) is 1. The molecule has 0 unspecified atom stereocenters. The Kier molecular flexibility index (Phi) is 3.04. The van der Waals surface area contributed by atoms with Gasteiger partial charge in [-0.2, -0.15) is 0 Å².